The fourth-order valence-corrected chi connectivity index (χ4v) is 2.63. The maximum absolute atomic E-state index is 13.5. The standard InChI is InChI=1S/C13H18BrFOS/c1-3-9(2)17-8-12(16)6-10-4-5-11(14)7-13(10)15/h4-5,7,9,12,16H,3,6,8H2,1-2H3. The number of halogens is 2. The van der Waals surface area contributed by atoms with Crippen LogP contribution >= 0.6 is 27.7 Å². The summed E-state index contributed by atoms with van der Waals surface area (Å²) in [5.41, 5.74) is 0.574. The van der Waals surface area contributed by atoms with E-state index in [1.54, 1.807) is 23.9 Å². The highest BCUT2D eigenvalue weighted by Crippen LogP contribution is 2.19. The van der Waals surface area contributed by atoms with E-state index >= 15 is 0 Å². The molecule has 0 aliphatic carbocycles. The van der Waals surface area contributed by atoms with Crippen molar-refractivity contribution in [3.8, 4) is 0 Å². The molecule has 4 heteroatoms. The van der Waals surface area contributed by atoms with E-state index in [4.69, 9.17) is 0 Å². The first-order chi connectivity index (χ1) is 8.02. The Morgan fingerprint density at radius 2 is 2.18 bits per heavy atom. The van der Waals surface area contributed by atoms with E-state index in [0.717, 1.165) is 10.9 Å². The highest BCUT2D eigenvalue weighted by Gasteiger charge is 2.11. The Bertz CT molecular complexity index is 359. The van der Waals surface area contributed by atoms with Crippen LogP contribution in [0.4, 0.5) is 4.39 Å². The third-order valence-corrected chi connectivity index (χ3v) is 4.59. The molecule has 2 unspecified atom stereocenters. The van der Waals surface area contributed by atoms with Gasteiger partial charge in [0.05, 0.1) is 6.10 Å². The van der Waals surface area contributed by atoms with Gasteiger partial charge in [0.2, 0.25) is 0 Å². The van der Waals surface area contributed by atoms with Crippen LogP contribution in [-0.2, 0) is 6.42 Å². The Morgan fingerprint density at radius 1 is 1.47 bits per heavy atom. The number of hydrogen-bond acceptors (Lipinski definition) is 2. The Hall–Kier alpha value is -0.0600. The van der Waals surface area contributed by atoms with Gasteiger partial charge in [0, 0.05) is 21.9 Å². The lowest BCUT2D eigenvalue weighted by Crippen LogP contribution is -2.16. The monoisotopic (exact) mass is 320 g/mol. The van der Waals surface area contributed by atoms with Crippen LogP contribution in [0, 0.1) is 5.82 Å². The molecule has 0 bridgehead atoms. The number of aliphatic hydroxyl groups is 1. The molecular formula is C13H18BrFOS. The van der Waals surface area contributed by atoms with Crippen molar-refractivity contribution in [2.45, 2.75) is 38.0 Å². The van der Waals surface area contributed by atoms with E-state index in [2.05, 4.69) is 29.8 Å². The molecule has 0 spiro atoms. The summed E-state index contributed by atoms with van der Waals surface area (Å²) >= 11 is 4.95. The quantitative estimate of drug-likeness (QED) is 0.854. The molecule has 0 aliphatic rings. The van der Waals surface area contributed by atoms with Crippen LogP contribution in [-0.4, -0.2) is 22.2 Å². The molecule has 0 saturated carbocycles. The minimum Gasteiger partial charge on any atom is -0.392 e. The second kappa shape index (κ2) is 7.39. The van der Waals surface area contributed by atoms with E-state index in [1.165, 1.54) is 6.07 Å². The molecule has 2 atom stereocenters. The molecule has 17 heavy (non-hydrogen) atoms. The molecule has 0 heterocycles. The summed E-state index contributed by atoms with van der Waals surface area (Å²) in [6, 6.07) is 4.95. The first-order valence-corrected chi connectivity index (χ1v) is 7.60. The van der Waals surface area contributed by atoms with Crippen LogP contribution in [0.1, 0.15) is 25.8 Å². The smallest absolute Gasteiger partial charge is 0.127 e. The average molecular weight is 321 g/mol. The topological polar surface area (TPSA) is 20.2 Å². The summed E-state index contributed by atoms with van der Waals surface area (Å²) in [6.07, 6.45) is 0.983. The van der Waals surface area contributed by atoms with E-state index in [0.29, 0.717) is 23.0 Å². The first kappa shape index (κ1) is 15.0. The Balaban J connectivity index is 2.47. The lowest BCUT2D eigenvalue weighted by molar-refractivity contribution is 0.198. The number of hydrogen-bond donors (Lipinski definition) is 1. The van der Waals surface area contributed by atoms with Gasteiger partial charge in [-0.05, 0) is 24.1 Å². The lowest BCUT2D eigenvalue weighted by atomic mass is 10.1. The highest BCUT2D eigenvalue weighted by molar-refractivity contribution is 9.10. The van der Waals surface area contributed by atoms with Gasteiger partial charge in [-0.1, -0.05) is 35.8 Å². The Kier molecular flexibility index (Phi) is 6.52. The summed E-state index contributed by atoms with van der Waals surface area (Å²) in [5.74, 6) is 0.400. The van der Waals surface area contributed by atoms with Crippen molar-refractivity contribution in [2.24, 2.45) is 0 Å². The van der Waals surface area contributed by atoms with Gasteiger partial charge in [-0.3, -0.25) is 0 Å². The third-order valence-electron chi connectivity index (χ3n) is 2.62. The number of aliphatic hydroxyl groups excluding tert-OH is 1. The zero-order chi connectivity index (χ0) is 12.8. The second-order valence-corrected chi connectivity index (χ2v) is 6.53. The molecule has 1 aromatic carbocycles. The summed E-state index contributed by atoms with van der Waals surface area (Å²) < 4.78 is 14.3. The van der Waals surface area contributed by atoms with Gasteiger partial charge in [-0.2, -0.15) is 11.8 Å². The molecular weight excluding hydrogens is 303 g/mol. The Labute approximate surface area is 115 Å². The van der Waals surface area contributed by atoms with Crippen LogP contribution in [0.2, 0.25) is 0 Å². The predicted molar refractivity (Wildman–Crippen MR) is 76.0 cm³/mol. The van der Waals surface area contributed by atoms with E-state index in [9.17, 15) is 9.50 Å². The third kappa shape index (κ3) is 5.40. The van der Waals surface area contributed by atoms with Gasteiger partial charge >= 0.3 is 0 Å². The maximum Gasteiger partial charge on any atom is 0.127 e. The fourth-order valence-electron chi connectivity index (χ4n) is 1.39. The van der Waals surface area contributed by atoms with Gasteiger partial charge in [0.1, 0.15) is 5.82 Å². The minimum absolute atomic E-state index is 0.257. The summed E-state index contributed by atoms with van der Waals surface area (Å²) in [4.78, 5) is 0. The normalized spacial score (nSPS) is 14.6. The van der Waals surface area contributed by atoms with Crippen molar-refractivity contribution in [3.63, 3.8) is 0 Å². The van der Waals surface area contributed by atoms with Crippen LogP contribution in [0.5, 0.6) is 0 Å². The van der Waals surface area contributed by atoms with Crippen molar-refractivity contribution in [3.05, 3.63) is 34.1 Å². The average Bonchev–Trinajstić information content (AvgIpc) is 2.29. The molecule has 0 aromatic heterocycles. The maximum atomic E-state index is 13.5. The summed E-state index contributed by atoms with van der Waals surface area (Å²) in [7, 11) is 0. The second-order valence-electron chi connectivity index (χ2n) is 4.15. The largest absolute Gasteiger partial charge is 0.392 e. The number of thioether (sulfide) groups is 1. The van der Waals surface area contributed by atoms with E-state index in [-0.39, 0.29) is 5.82 Å². The van der Waals surface area contributed by atoms with Crippen LogP contribution in [0.15, 0.2) is 22.7 Å². The molecule has 0 aliphatic heterocycles. The summed E-state index contributed by atoms with van der Waals surface area (Å²) in [6.45, 7) is 4.26. The number of benzene rings is 1. The Morgan fingerprint density at radius 3 is 2.76 bits per heavy atom. The molecule has 1 nitrogen and oxygen atoms in total. The molecule has 96 valence electrons. The summed E-state index contributed by atoms with van der Waals surface area (Å²) in [5, 5.41) is 10.4. The molecule has 1 aromatic rings. The molecule has 0 fully saturated rings. The number of rotatable bonds is 6. The van der Waals surface area contributed by atoms with E-state index in [1.807, 2.05) is 0 Å². The molecule has 0 amide bonds. The van der Waals surface area contributed by atoms with Crippen molar-refractivity contribution in [2.75, 3.05) is 5.75 Å². The predicted octanol–water partition coefficient (Wildman–Crippen LogP) is 4.02. The highest BCUT2D eigenvalue weighted by atomic mass is 79.9. The minimum atomic E-state index is -0.482. The van der Waals surface area contributed by atoms with Gasteiger partial charge < -0.3 is 5.11 Å². The van der Waals surface area contributed by atoms with Crippen molar-refractivity contribution in [1.29, 1.82) is 0 Å². The molecule has 0 saturated heterocycles. The van der Waals surface area contributed by atoms with Gasteiger partial charge in [-0.15, -0.1) is 0 Å². The fraction of sp³-hybridized carbons (Fsp3) is 0.538. The first-order valence-electron chi connectivity index (χ1n) is 5.76. The van der Waals surface area contributed by atoms with Gasteiger partial charge in [0.15, 0.2) is 0 Å². The lowest BCUT2D eigenvalue weighted by Gasteiger charge is -2.14. The zero-order valence-electron chi connectivity index (χ0n) is 10.1. The van der Waals surface area contributed by atoms with Crippen molar-refractivity contribution >= 4 is 27.7 Å². The molecule has 1 N–H and O–H groups in total. The van der Waals surface area contributed by atoms with E-state index < -0.39 is 6.10 Å². The zero-order valence-corrected chi connectivity index (χ0v) is 12.5. The van der Waals surface area contributed by atoms with Gasteiger partial charge in [-0.25, -0.2) is 4.39 Å². The van der Waals surface area contributed by atoms with Crippen LogP contribution in [0.3, 0.4) is 0 Å². The SMILES string of the molecule is CCC(C)SCC(O)Cc1ccc(Br)cc1F. The van der Waals surface area contributed by atoms with Crippen molar-refractivity contribution < 1.29 is 9.50 Å². The molecule has 1 rings (SSSR count). The van der Waals surface area contributed by atoms with Crippen LogP contribution < -0.4 is 0 Å². The molecule has 0 radical (unpaired) electrons. The van der Waals surface area contributed by atoms with Crippen molar-refractivity contribution in [1.82, 2.24) is 0 Å². The van der Waals surface area contributed by atoms with Crippen LogP contribution in [0.25, 0.3) is 0 Å². The van der Waals surface area contributed by atoms with Gasteiger partial charge in [0.25, 0.3) is 0 Å².